The predicted octanol–water partition coefficient (Wildman–Crippen LogP) is 1.50. The summed E-state index contributed by atoms with van der Waals surface area (Å²) in [5, 5.41) is 11.9. The summed E-state index contributed by atoms with van der Waals surface area (Å²) in [6, 6.07) is 8.17. The molecule has 0 heterocycles. The number of benzene rings is 1. The Morgan fingerprint density at radius 3 is 2.59 bits per heavy atom. The summed E-state index contributed by atoms with van der Waals surface area (Å²) in [6.07, 6.45) is 0.749. The molecule has 0 aliphatic rings. The van der Waals surface area contributed by atoms with E-state index >= 15 is 0 Å². The smallest absolute Gasteiger partial charge is 0.234 e. The minimum Gasteiger partial charge on any atom is -0.396 e. The van der Waals surface area contributed by atoms with E-state index in [4.69, 9.17) is 11.6 Å². The second-order valence-corrected chi connectivity index (χ2v) is 4.44. The molecule has 17 heavy (non-hydrogen) atoms. The van der Waals surface area contributed by atoms with Gasteiger partial charge in [0.1, 0.15) is 5.88 Å². The number of nitrogens with one attached hydrogen (secondary N) is 1. The van der Waals surface area contributed by atoms with Crippen molar-refractivity contribution >= 4 is 17.5 Å². The molecule has 0 saturated heterocycles. The Bertz CT molecular complexity index is 351. The molecule has 0 bridgehead atoms. The number of carbonyl (C=O) groups excluding carboxylic acids is 1. The minimum atomic E-state index is -0.200. The molecular formula is C13H18ClNO2. The van der Waals surface area contributed by atoms with Crippen LogP contribution in [0.4, 0.5) is 0 Å². The zero-order valence-corrected chi connectivity index (χ0v) is 10.7. The lowest BCUT2D eigenvalue weighted by molar-refractivity contribution is -0.118. The summed E-state index contributed by atoms with van der Waals surface area (Å²) in [5.41, 5.74) is 2.37. The Kier molecular flexibility index (Phi) is 6.01. The van der Waals surface area contributed by atoms with Crippen LogP contribution in [0.5, 0.6) is 0 Å². The third kappa shape index (κ3) is 5.20. The van der Waals surface area contributed by atoms with Crippen molar-refractivity contribution < 1.29 is 9.90 Å². The van der Waals surface area contributed by atoms with Gasteiger partial charge in [-0.3, -0.25) is 4.79 Å². The molecule has 0 radical (unpaired) electrons. The Morgan fingerprint density at radius 2 is 2.06 bits per heavy atom. The van der Waals surface area contributed by atoms with E-state index in [1.807, 2.05) is 31.2 Å². The zero-order chi connectivity index (χ0) is 12.7. The molecule has 0 saturated carbocycles. The molecule has 4 heteroatoms. The highest BCUT2D eigenvalue weighted by Crippen LogP contribution is 2.09. The predicted molar refractivity (Wildman–Crippen MR) is 69.2 cm³/mol. The molecule has 0 spiro atoms. The standard InChI is InChI=1S/C13H18ClNO2/c1-10-2-4-11(5-3-10)6-12(9-16)8-15-13(17)7-14/h2-5,12,16H,6-9H2,1H3,(H,15,17). The number of rotatable bonds is 6. The van der Waals surface area contributed by atoms with E-state index in [9.17, 15) is 9.90 Å². The van der Waals surface area contributed by atoms with Crippen LogP contribution >= 0.6 is 11.6 Å². The third-order valence-corrected chi connectivity index (χ3v) is 2.86. The van der Waals surface area contributed by atoms with Crippen molar-refractivity contribution in [3.8, 4) is 0 Å². The van der Waals surface area contributed by atoms with Crippen molar-refractivity contribution in [2.75, 3.05) is 19.0 Å². The molecule has 94 valence electrons. The fourth-order valence-corrected chi connectivity index (χ4v) is 1.66. The van der Waals surface area contributed by atoms with Gasteiger partial charge in [-0.2, -0.15) is 0 Å². The maximum Gasteiger partial charge on any atom is 0.234 e. The van der Waals surface area contributed by atoms with Gasteiger partial charge < -0.3 is 10.4 Å². The number of aryl methyl sites for hydroxylation is 1. The first-order chi connectivity index (χ1) is 8.15. The summed E-state index contributed by atoms with van der Waals surface area (Å²) in [5.74, 6) is -0.207. The number of alkyl halides is 1. The van der Waals surface area contributed by atoms with Crippen LogP contribution < -0.4 is 5.32 Å². The lowest BCUT2D eigenvalue weighted by atomic mass is 9.99. The maximum absolute atomic E-state index is 11.0. The molecule has 1 atom stereocenters. The van der Waals surface area contributed by atoms with Crippen molar-refractivity contribution in [2.45, 2.75) is 13.3 Å². The second kappa shape index (κ2) is 7.30. The number of aliphatic hydroxyl groups is 1. The van der Waals surface area contributed by atoms with Crippen LogP contribution in [0, 0.1) is 12.8 Å². The quantitative estimate of drug-likeness (QED) is 0.757. The third-order valence-electron chi connectivity index (χ3n) is 2.61. The van der Waals surface area contributed by atoms with Crippen LogP contribution in [0.3, 0.4) is 0 Å². The van der Waals surface area contributed by atoms with Gasteiger partial charge in [-0.15, -0.1) is 11.6 Å². The second-order valence-electron chi connectivity index (χ2n) is 4.18. The van der Waals surface area contributed by atoms with Crippen LogP contribution in [0.2, 0.25) is 0 Å². The fourth-order valence-electron chi connectivity index (χ4n) is 1.56. The summed E-state index contributed by atoms with van der Waals surface area (Å²) >= 11 is 5.38. The highest BCUT2D eigenvalue weighted by molar-refractivity contribution is 6.27. The van der Waals surface area contributed by atoms with Gasteiger partial charge in [-0.1, -0.05) is 29.8 Å². The van der Waals surface area contributed by atoms with E-state index in [-0.39, 0.29) is 24.3 Å². The number of amides is 1. The summed E-state index contributed by atoms with van der Waals surface area (Å²) in [6.45, 7) is 2.54. The molecule has 1 rings (SSSR count). The minimum absolute atomic E-state index is 0.0323. The summed E-state index contributed by atoms with van der Waals surface area (Å²) < 4.78 is 0. The number of halogens is 1. The first-order valence-electron chi connectivity index (χ1n) is 5.64. The van der Waals surface area contributed by atoms with Gasteiger partial charge in [0.15, 0.2) is 0 Å². The van der Waals surface area contributed by atoms with Crippen molar-refractivity contribution in [2.24, 2.45) is 5.92 Å². The van der Waals surface area contributed by atoms with Crippen LogP contribution in [0.1, 0.15) is 11.1 Å². The summed E-state index contributed by atoms with van der Waals surface area (Å²) in [7, 11) is 0. The summed E-state index contributed by atoms with van der Waals surface area (Å²) in [4.78, 5) is 11.0. The van der Waals surface area contributed by atoms with E-state index in [1.165, 1.54) is 5.56 Å². The van der Waals surface area contributed by atoms with E-state index in [1.54, 1.807) is 0 Å². The highest BCUT2D eigenvalue weighted by atomic mass is 35.5. The molecular weight excluding hydrogens is 238 g/mol. The molecule has 0 fully saturated rings. The van der Waals surface area contributed by atoms with Crippen LogP contribution in [0.25, 0.3) is 0 Å². The number of hydrogen-bond acceptors (Lipinski definition) is 2. The molecule has 1 aromatic carbocycles. The van der Waals surface area contributed by atoms with Crippen molar-refractivity contribution in [3.05, 3.63) is 35.4 Å². The van der Waals surface area contributed by atoms with Gasteiger partial charge in [-0.25, -0.2) is 0 Å². The average Bonchev–Trinajstić information content (AvgIpc) is 2.36. The van der Waals surface area contributed by atoms with Gasteiger partial charge in [0, 0.05) is 19.1 Å². The van der Waals surface area contributed by atoms with Gasteiger partial charge in [0.05, 0.1) is 0 Å². The Balaban J connectivity index is 2.46. The molecule has 1 unspecified atom stereocenters. The zero-order valence-electron chi connectivity index (χ0n) is 9.95. The van der Waals surface area contributed by atoms with E-state index < -0.39 is 0 Å². The van der Waals surface area contributed by atoms with Gasteiger partial charge in [0.2, 0.25) is 5.91 Å². The molecule has 1 amide bonds. The Labute approximate surface area is 107 Å². The topological polar surface area (TPSA) is 49.3 Å². The van der Waals surface area contributed by atoms with Gasteiger partial charge in [0.25, 0.3) is 0 Å². The van der Waals surface area contributed by atoms with Crippen LogP contribution in [-0.4, -0.2) is 30.0 Å². The molecule has 0 aliphatic carbocycles. The molecule has 1 aromatic rings. The van der Waals surface area contributed by atoms with Crippen LogP contribution in [0.15, 0.2) is 24.3 Å². The largest absolute Gasteiger partial charge is 0.396 e. The van der Waals surface area contributed by atoms with Crippen LogP contribution in [-0.2, 0) is 11.2 Å². The van der Waals surface area contributed by atoms with E-state index in [0.717, 1.165) is 12.0 Å². The first-order valence-corrected chi connectivity index (χ1v) is 6.18. The van der Waals surface area contributed by atoms with Gasteiger partial charge in [-0.05, 0) is 18.9 Å². The fraction of sp³-hybridized carbons (Fsp3) is 0.462. The van der Waals surface area contributed by atoms with Gasteiger partial charge >= 0.3 is 0 Å². The molecule has 0 aliphatic heterocycles. The molecule has 3 nitrogen and oxygen atoms in total. The van der Waals surface area contributed by atoms with E-state index in [0.29, 0.717) is 6.54 Å². The SMILES string of the molecule is Cc1ccc(CC(CO)CNC(=O)CCl)cc1. The maximum atomic E-state index is 11.0. The first kappa shape index (κ1) is 14.0. The monoisotopic (exact) mass is 255 g/mol. The van der Waals surface area contributed by atoms with E-state index in [2.05, 4.69) is 5.32 Å². The lowest BCUT2D eigenvalue weighted by Crippen LogP contribution is -2.32. The Hall–Kier alpha value is -1.06. The number of hydrogen-bond donors (Lipinski definition) is 2. The highest BCUT2D eigenvalue weighted by Gasteiger charge is 2.10. The van der Waals surface area contributed by atoms with Crippen molar-refractivity contribution in [3.63, 3.8) is 0 Å². The Morgan fingerprint density at radius 1 is 1.41 bits per heavy atom. The van der Waals surface area contributed by atoms with Crippen molar-refractivity contribution in [1.29, 1.82) is 0 Å². The molecule has 0 aromatic heterocycles. The number of aliphatic hydroxyl groups excluding tert-OH is 1. The lowest BCUT2D eigenvalue weighted by Gasteiger charge is -2.14. The average molecular weight is 256 g/mol. The number of carbonyl (C=O) groups is 1. The molecule has 2 N–H and O–H groups in total. The van der Waals surface area contributed by atoms with Crippen molar-refractivity contribution in [1.82, 2.24) is 5.32 Å². The normalized spacial score (nSPS) is 12.2.